The van der Waals surface area contributed by atoms with E-state index in [0.717, 1.165) is 22.8 Å². The molecule has 0 radical (unpaired) electrons. The van der Waals surface area contributed by atoms with Gasteiger partial charge < -0.3 is 9.73 Å². The summed E-state index contributed by atoms with van der Waals surface area (Å²) in [7, 11) is -3.69. The van der Waals surface area contributed by atoms with Gasteiger partial charge in [-0.05, 0) is 61.9 Å². The third-order valence-corrected chi connectivity index (χ3v) is 6.78. The average Bonchev–Trinajstić information content (AvgIpc) is 3.23. The molecule has 0 aliphatic heterocycles. The van der Waals surface area contributed by atoms with Crippen LogP contribution in [0.5, 0.6) is 0 Å². The second-order valence-corrected chi connectivity index (χ2v) is 9.62. The highest BCUT2D eigenvalue weighted by molar-refractivity contribution is 7.98. The van der Waals surface area contributed by atoms with Crippen LogP contribution >= 0.6 is 11.8 Å². The van der Waals surface area contributed by atoms with Crippen LogP contribution in [0.3, 0.4) is 0 Å². The van der Waals surface area contributed by atoms with Gasteiger partial charge >= 0.3 is 0 Å². The lowest BCUT2D eigenvalue weighted by atomic mass is 10.1. The minimum atomic E-state index is -3.69. The molecule has 30 heavy (non-hydrogen) atoms. The van der Waals surface area contributed by atoms with Gasteiger partial charge in [0.2, 0.25) is 0 Å². The lowest BCUT2D eigenvalue weighted by molar-refractivity contribution is 0.0956. The first-order chi connectivity index (χ1) is 14.3. The number of anilines is 1. The number of furan rings is 1. The highest BCUT2D eigenvalue weighted by Gasteiger charge is 2.16. The fraction of sp³-hybridized carbons (Fsp3) is 0.227. The number of hydrogen-bond donors (Lipinski definition) is 2. The summed E-state index contributed by atoms with van der Waals surface area (Å²) in [6.07, 6.45) is 1.64. The van der Waals surface area contributed by atoms with Crippen LogP contribution in [0.15, 0.2) is 70.2 Å². The molecule has 1 heterocycles. The van der Waals surface area contributed by atoms with Gasteiger partial charge in [0.25, 0.3) is 15.9 Å². The van der Waals surface area contributed by atoms with Crippen molar-refractivity contribution >= 4 is 33.4 Å². The SMILES string of the molecule is Cc1ccc(S(=O)(=O)Nc2ccc(C(=O)NCCSCc3ccco3)cc2C)cc1. The van der Waals surface area contributed by atoms with Gasteiger partial charge in [0.15, 0.2) is 0 Å². The number of aryl methyl sites for hydroxylation is 2. The molecule has 0 atom stereocenters. The normalized spacial score (nSPS) is 11.3. The van der Waals surface area contributed by atoms with Gasteiger partial charge in [-0.25, -0.2) is 8.42 Å². The summed E-state index contributed by atoms with van der Waals surface area (Å²) in [5.74, 6) is 2.24. The Morgan fingerprint density at radius 3 is 2.50 bits per heavy atom. The van der Waals surface area contributed by atoms with Crippen molar-refractivity contribution in [2.45, 2.75) is 24.5 Å². The molecule has 0 aliphatic rings. The summed E-state index contributed by atoms with van der Waals surface area (Å²) in [6, 6.07) is 15.3. The summed E-state index contributed by atoms with van der Waals surface area (Å²) in [6.45, 7) is 4.20. The fourth-order valence-electron chi connectivity index (χ4n) is 2.75. The van der Waals surface area contributed by atoms with Crippen LogP contribution in [-0.4, -0.2) is 26.6 Å². The van der Waals surface area contributed by atoms with Gasteiger partial charge in [-0.3, -0.25) is 9.52 Å². The van der Waals surface area contributed by atoms with E-state index in [2.05, 4.69) is 10.0 Å². The molecule has 0 bridgehead atoms. The lowest BCUT2D eigenvalue weighted by Crippen LogP contribution is -2.26. The summed E-state index contributed by atoms with van der Waals surface area (Å²) in [5, 5.41) is 2.88. The van der Waals surface area contributed by atoms with E-state index in [4.69, 9.17) is 4.42 Å². The van der Waals surface area contributed by atoms with E-state index < -0.39 is 10.0 Å². The van der Waals surface area contributed by atoms with Crippen molar-refractivity contribution < 1.29 is 17.6 Å². The average molecular weight is 445 g/mol. The standard InChI is InChI=1S/C22H24N2O4S2/c1-16-5-8-20(9-6-16)30(26,27)24-21-10-7-18(14-17(21)2)22(25)23-11-13-29-15-19-4-3-12-28-19/h3-10,12,14,24H,11,13,15H2,1-2H3,(H,23,25). The van der Waals surface area contributed by atoms with E-state index in [0.29, 0.717) is 23.4 Å². The van der Waals surface area contributed by atoms with Crippen LogP contribution in [0.4, 0.5) is 5.69 Å². The van der Waals surface area contributed by atoms with Crippen LogP contribution in [0, 0.1) is 13.8 Å². The van der Waals surface area contributed by atoms with Crippen molar-refractivity contribution in [2.75, 3.05) is 17.0 Å². The quantitative estimate of drug-likeness (QED) is 0.479. The highest BCUT2D eigenvalue weighted by atomic mass is 32.2. The molecular formula is C22H24N2O4S2. The molecule has 8 heteroatoms. The maximum atomic E-state index is 12.6. The van der Waals surface area contributed by atoms with Crippen LogP contribution in [-0.2, 0) is 15.8 Å². The Hall–Kier alpha value is -2.71. The summed E-state index contributed by atoms with van der Waals surface area (Å²) < 4.78 is 33.0. The van der Waals surface area contributed by atoms with Crippen molar-refractivity contribution in [3.63, 3.8) is 0 Å². The van der Waals surface area contributed by atoms with Gasteiger partial charge in [0.1, 0.15) is 5.76 Å². The molecule has 6 nitrogen and oxygen atoms in total. The number of hydrogen-bond acceptors (Lipinski definition) is 5. The number of thioether (sulfide) groups is 1. The van der Waals surface area contributed by atoms with Gasteiger partial charge in [-0.2, -0.15) is 11.8 Å². The van der Waals surface area contributed by atoms with Crippen molar-refractivity contribution in [2.24, 2.45) is 0 Å². The molecular weight excluding hydrogens is 420 g/mol. The number of carbonyl (C=O) groups excluding carboxylic acids is 1. The van der Waals surface area contributed by atoms with Crippen LogP contribution in [0.25, 0.3) is 0 Å². The Morgan fingerprint density at radius 1 is 1.07 bits per heavy atom. The lowest BCUT2D eigenvalue weighted by Gasteiger charge is -2.12. The van der Waals surface area contributed by atoms with Crippen molar-refractivity contribution in [1.29, 1.82) is 0 Å². The molecule has 0 saturated heterocycles. The number of amides is 1. The molecule has 0 aliphatic carbocycles. The summed E-state index contributed by atoms with van der Waals surface area (Å²) >= 11 is 1.67. The van der Waals surface area contributed by atoms with E-state index in [9.17, 15) is 13.2 Å². The molecule has 0 unspecified atom stereocenters. The van der Waals surface area contributed by atoms with E-state index in [1.165, 1.54) is 0 Å². The van der Waals surface area contributed by atoms with Gasteiger partial charge in [0, 0.05) is 17.9 Å². The molecule has 1 aromatic heterocycles. The molecule has 3 rings (SSSR count). The van der Waals surface area contributed by atoms with Gasteiger partial charge in [-0.1, -0.05) is 17.7 Å². The molecule has 3 aromatic rings. The van der Waals surface area contributed by atoms with Crippen LogP contribution in [0.1, 0.15) is 27.2 Å². The zero-order valence-corrected chi connectivity index (χ0v) is 18.5. The number of sulfonamides is 1. The first-order valence-electron chi connectivity index (χ1n) is 9.43. The smallest absolute Gasteiger partial charge is 0.261 e. The third kappa shape index (κ3) is 5.90. The second kappa shape index (κ2) is 9.86. The Kier molecular flexibility index (Phi) is 7.23. The minimum Gasteiger partial charge on any atom is -0.468 e. The molecule has 1 amide bonds. The number of rotatable bonds is 9. The van der Waals surface area contributed by atoms with E-state index >= 15 is 0 Å². The Bertz CT molecular complexity index is 1090. The molecule has 158 valence electrons. The molecule has 0 fully saturated rings. The zero-order valence-electron chi connectivity index (χ0n) is 16.8. The minimum absolute atomic E-state index is 0.190. The van der Waals surface area contributed by atoms with Crippen molar-refractivity contribution in [1.82, 2.24) is 5.32 Å². The number of carbonyl (C=O) groups is 1. The second-order valence-electron chi connectivity index (χ2n) is 6.84. The molecule has 0 spiro atoms. The Morgan fingerprint density at radius 2 is 1.83 bits per heavy atom. The molecule has 2 N–H and O–H groups in total. The van der Waals surface area contributed by atoms with Gasteiger partial charge in [-0.15, -0.1) is 0 Å². The van der Waals surface area contributed by atoms with Crippen LogP contribution < -0.4 is 10.0 Å². The van der Waals surface area contributed by atoms with Crippen LogP contribution in [0.2, 0.25) is 0 Å². The van der Waals surface area contributed by atoms with Crippen molar-refractivity contribution in [3.8, 4) is 0 Å². The van der Waals surface area contributed by atoms with E-state index in [1.807, 2.05) is 19.1 Å². The number of nitrogens with one attached hydrogen (secondary N) is 2. The third-order valence-electron chi connectivity index (χ3n) is 4.42. The molecule has 0 saturated carbocycles. The van der Waals surface area contributed by atoms with E-state index in [-0.39, 0.29) is 10.8 Å². The largest absolute Gasteiger partial charge is 0.468 e. The Balaban J connectivity index is 1.55. The maximum absolute atomic E-state index is 12.6. The first-order valence-corrected chi connectivity index (χ1v) is 12.1. The first kappa shape index (κ1) is 22.0. The summed E-state index contributed by atoms with van der Waals surface area (Å²) in [4.78, 5) is 12.6. The fourth-order valence-corrected chi connectivity index (χ4v) is 4.63. The molecule has 2 aromatic carbocycles. The predicted molar refractivity (Wildman–Crippen MR) is 120 cm³/mol. The topological polar surface area (TPSA) is 88.4 Å². The Labute approximate surface area is 181 Å². The monoisotopic (exact) mass is 444 g/mol. The van der Waals surface area contributed by atoms with E-state index in [1.54, 1.807) is 67.4 Å². The maximum Gasteiger partial charge on any atom is 0.261 e. The van der Waals surface area contributed by atoms with Crippen molar-refractivity contribution in [3.05, 3.63) is 83.3 Å². The van der Waals surface area contributed by atoms with Gasteiger partial charge in [0.05, 0.1) is 22.6 Å². The highest BCUT2D eigenvalue weighted by Crippen LogP contribution is 2.21. The number of benzene rings is 2. The predicted octanol–water partition coefficient (Wildman–Crippen LogP) is 4.36. The summed E-state index contributed by atoms with van der Waals surface area (Å²) in [5.41, 5.74) is 2.59. The zero-order chi connectivity index (χ0) is 21.6.